The molecule has 0 radical (unpaired) electrons. The highest BCUT2D eigenvalue weighted by molar-refractivity contribution is 6.03. The van der Waals surface area contributed by atoms with E-state index in [1.807, 2.05) is 55.7 Å². The van der Waals surface area contributed by atoms with Crippen molar-refractivity contribution >= 4 is 23.1 Å². The maximum atomic E-state index is 13.0. The molecule has 0 spiro atoms. The molecular formula is C26H23N7O2. The number of aromatic nitrogens is 4. The van der Waals surface area contributed by atoms with E-state index in [1.54, 1.807) is 29.8 Å². The summed E-state index contributed by atoms with van der Waals surface area (Å²) in [6.45, 7) is 7.65. The summed E-state index contributed by atoms with van der Waals surface area (Å²) in [4.78, 5) is 27.2. The van der Waals surface area contributed by atoms with E-state index in [0.717, 1.165) is 22.6 Å². The number of benzene rings is 1. The van der Waals surface area contributed by atoms with Gasteiger partial charge in [-0.2, -0.15) is 5.10 Å². The molecule has 35 heavy (non-hydrogen) atoms. The van der Waals surface area contributed by atoms with E-state index in [9.17, 15) is 4.79 Å². The number of carbonyl (C=O) groups excluding carboxylic acids is 1. The van der Waals surface area contributed by atoms with Crippen molar-refractivity contribution in [2.75, 3.05) is 19.5 Å². The number of aryl methyl sites for hydroxylation is 1. The molecule has 9 heteroatoms. The zero-order valence-electron chi connectivity index (χ0n) is 19.6. The third-order valence-corrected chi connectivity index (χ3v) is 5.84. The summed E-state index contributed by atoms with van der Waals surface area (Å²) in [7, 11) is 5.24. The number of rotatable bonds is 6. The molecule has 1 N–H and O–H groups in total. The van der Waals surface area contributed by atoms with Gasteiger partial charge in [0.2, 0.25) is 0 Å². The quantitative estimate of drug-likeness (QED) is 0.426. The molecule has 0 saturated carbocycles. The van der Waals surface area contributed by atoms with Crippen molar-refractivity contribution < 1.29 is 9.53 Å². The van der Waals surface area contributed by atoms with Gasteiger partial charge < -0.3 is 19.8 Å². The summed E-state index contributed by atoms with van der Waals surface area (Å²) in [6, 6.07) is 14.9. The third-order valence-electron chi connectivity index (χ3n) is 5.84. The molecule has 0 atom stereocenters. The second-order valence-corrected chi connectivity index (χ2v) is 8.31. The Morgan fingerprint density at radius 1 is 1.09 bits per heavy atom. The minimum atomic E-state index is -0.0884. The molecule has 1 aliphatic heterocycles. The van der Waals surface area contributed by atoms with Crippen LogP contribution in [0.15, 0.2) is 54.7 Å². The molecule has 0 saturated heterocycles. The Morgan fingerprint density at radius 3 is 2.66 bits per heavy atom. The number of amides is 1. The van der Waals surface area contributed by atoms with Crippen molar-refractivity contribution in [2.24, 2.45) is 7.05 Å². The van der Waals surface area contributed by atoms with E-state index >= 15 is 0 Å². The number of ether oxygens (including phenoxy) is 1. The normalized spacial score (nSPS) is 12.4. The minimum absolute atomic E-state index is 0.0884. The summed E-state index contributed by atoms with van der Waals surface area (Å²) in [5.74, 6) is 0.881. The molecule has 0 bridgehead atoms. The molecule has 4 heterocycles. The average molecular weight is 466 g/mol. The summed E-state index contributed by atoms with van der Waals surface area (Å²) in [5.41, 5.74) is 5.74. The zero-order chi connectivity index (χ0) is 24.5. The third kappa shape index (κ3) is 4.17. The van der Waals surface area contributed by atoms with Crippen molar-refractivity contribution in [3.63, 3.8) is 0 Å². The largest absolute Gasteiger partial charge is 0.494 e. The molecule has 9 nitrogen and oxygen atoms in total. The van der Waals surface area contributed by atoms with E-state index < -0.39 is 0 Å². The van der Waals surface area contributed by atoms with E-state index in [4.69, 9.17) is 16.3 Å². The highest BCUT2D eigenvalue weighted by Gasteiger charge is 2.30. The summed E-state index contributed by atoms with van der Waals surface area (Å²) in [6.07, 6.45) is 2.32. The van der Waals surface area contributed by atoms with Crippen molar-refractivity contribution in [2.45, 2.75) is 13.0 Å². The molecule has 0 unspecified atom stereocenters. The Labute approximate surface area is 202 Å². The fraction of sp³-hybridized carbons (Fsp3) is 0.192. The summed E-state index contributed by atoms with van der Waals surface area (Å²) >= 11 is 0. The Bertz CT molecular complexity index is 1490. The number of anilines is 2. The molecule has 0 aliphatic carbocycles. The van der Waals surface area contributed by atoms with E-state index in [-0.39, 0.29) is 5.91 Å². The standard InChI is InChI=1S/C26H23N7O2/c1-27-23-10-5-7-16(29-23)13-17-14-21(24-22(28-17)15-32(2)26(24)34)30-20-9-6-8-18(25(20)35-4)19-11-12-33(3)31-19/h5-12,14H,13,15H2,2-4H3,(H,28,30). The molecule has 174 valence electrons. The number of hydrogen-bond donors (Lipinski definition) is 1. The Morgan fingerprint density at radius 2 is 1.91 bits per heavy atom. The number of methoxy groups -OCH3 is 1. The fourth-order valence-corrected chi connectivity index (χ4v) is 4.26. The van der Waals surface area contributed by atoms with E-state index in [0.29, 0.717) is 47.2 Å². The van der Waals surface area contributed by atoms with Crippen molar-refractivity contribution in [1.29, 1.82) is 0 Å². The molecule has 4 aromatic rings. The lowest BCUT2D eigenvalue weighted by atomic mass is 10.1. The van der Waals surface area contributed by atoms with E-state index in [1.165, 1.54) is 0 Å². The summed E-state index contributed by atoms with van der Waals surface area (Å²) in [5, 5.41) is 7.93. The Kier molecular flexibility index (Phi) is 5.63. The number of hydrogen-bond acceptors (Lipinski definition) is 6. The van der Waals surface area contributed by atoms with Crippen LogP contribution in [0.25, 0.3) is 16.1 Å². The lowest BCUT2D eigenvalue weighted by molar-refractivity contribution is 0.0817. The highest BCUT2D eigenvalue weighted by Crippen LogP contribution is 2.39. The van der Waals surface area contributed by atoms with Crippen molar-refractivity contribution in [1.82, 2.24) is 24.6 Å². The summed E-state index contributed by atoms with van der Waals surface area (Å²) < 4.78 is 7.51. The van der Waals surface area contributed by atoms with Gasteiger partial charge in [-0.25, -0.2) is 0 Å². The second-order valence-electron chi connectivity index (χ2n) is 8.31. The lowest BCUT2D eigenvalue weighted by Crippen LogP contribution is -2.18. The predicted octanol–water partition coefficient (Wildman–Crippen LogP) is 4.36. The van der Waals surface area contributed by atoms with Crippen LogP contribution in [-0.4, -0.2) is 44.7 Å². The van der Waals surface area contributed by atoms with Crippen LogP contribution in [0.1, 0.15) is 27.4 Å². The maximum Gasteiger partial charge on any atom is 0.269 e. The molecule has 3 aromatic heterocycles. The maximum absolute atomic E-state index is 13.0. The van der Waals surface area contributed by atoms with Crippen LogP contribution in [0, 0.1) is 6.57 Å². The SMILES string of the molecule is [C-]#[N+]c1cccc(Cc2cc(Nc3cccc(-c4ccn(C)n4)c3OC)c3c(n2)CN(C)C3=O)n1. The minimum Gasteiger partial charge on any atom is -0.494 e. The van der Waals surface area contributed by atoms with Crippen LogP contribution in [0.5, 0.6) is 5.75 Å². The predicted molar refractivity (Wildman–Crippen MR) is 132 cm³/mol. The lowest BCUT2D eigenvalue weighted by Gasteiger charge is -2.16. The van der Waals surface area contributed by atoms with Crippen LogP contribution in [0.3, 0.4) is 0 Å². The van der Waals surface area contributed by atoms with Gasteiger partial charge in [-0.05, 0) is 36.4 Å². The van der Waals surface area contributed by atoms with Gasteiger partial charge in [0.25, 0.3) is 11.7 Å². The smallest absolute Gasteiger partial charge is 0.269 e. The number of fused-ring (bicyclic) bond motifs is 1. The molecule has 5 rings (SSSR count). The number of nitrogens with one attached hydrogen (secondary N) is 1. The topological polar surface area (TPSA) is 89.5 Å². The molecule has 1 aromatic carbocycles. The van der Waals surface area contributed by atoms with Gasteiger partial charge in [-0.3, -0.25) is 14.5 Å². The molecular weight excluding hydrogens is 442 g/mol. The molecule has 1 amide bonds. The van der Waals surface area contributed by atoms with Crippen LogP contribution >= 0.6 is 0 Å². The first-order chi connectivity index (χ1) is 17.0. The van der Waals surface area contributed by atoms with E-state index in [2.05, 4.69) is 20.2 Å². The van der Waals surface area contributed by atoms with Gasteiger partial charge in [0.15, 0.2) is 5.75 Å². The molecule has 1 aliphatic rings. The van der Waals surface area contributed by atoms with Gasteiger partial charge >= 0.3 is 0 Å². The number of nitrogens with zero attached hydrogens (tertiary/aromatic N) is 6. The van der Waals surface area contributed by atoms with Crippen LogP contribution in [-0.2, 0) is 20.0 Å². The zero-order valence-corrected chi connectivity index (χ0v) is 19.6. The highest BCUT2D eigenvalue weighted by atomic mass is 16.5. The van der Waals surface area contributed by atoms with Crippen LogP contribution in [0.4, 0.5) is 17.2 Å². The number of carbonyl (C=O) groups is 1. The first-order valence-electron chi connectivity index (χ1n) is 11.0. The van der Waals surface area contributed by atoms with Gasteiger partial charge in [-0.15, -0.1) is 4.98 Å². The van der Waals surface area contributed by atoms with Crippen LogP contribution in [0.2, 0.25) is 0 Å². The number of para-hydroxylation sites is 1. The first-order valence-corrected chi connectivity index (χ1v) is 11.0. The Hall–Kier alpha value is -4.71. The second kappa shape index (κ2) is 8.91. The molecule has 0 fully saturated rings. The monoisotopic (exact) mass is 465 g/mol. The average Bonchev–Trinajstić information content (AvgIpc) is 3.41. The van der Waals surface area contributed by atoms with Gasteiger partial charge in [-0.1, -0.05) is 18.7 Å². The Balaban J connectivity index is 1.57. The van der Waals surface area contributed by atoms with Crippen molar-refractivity contribution in [3.05, 3.63) is 88.8 Å². The van der Waals surface area contributed by atoms with Crippen LogP contribution < -0.4 is 10.1 Å². The van der Waals surface area contributed by atoms with Gasteiger partial charge in [0.05, 0.1) is 54.1 Å². The first kappa shape index (κ1) is 22.1. The van der Waals surface area contributed by atoms with Crippen molar-refractivity contribution in [3.8, 4) is 17.0 Å². The fourth-order valence-electron chi connectivity index (χ4n) is 4.26. The van der Waals surface area contributed by atoms with Gasteiger partial charge in [0.1, 0.15) is 5.69 Å². The number of pyridine rings is 2. The van der Waals surface area contributed by atoms with Gasteiger partial charge in [0, 0.05) is 25.9 Å².